The average molecular weight is 455 g/mol. The van der Waals surface area contributed by atoms with Crippen molar-refractivity contribution in [1.82, 2.24) is 19.2 Å². The summed E-state index contributed by atoms with van der Waals surface area (Å²) in [5.74, 6) is -2.58. The third kappa shape index (κ3) is 4.78. The number of piperidine rings is 1. The van der Waals surface area contributed by atoms with Gasteiger partial charge in [-0.15, -0.1) is 5.10 Å². The Labute approximate surface area is 180 Å². The normalized spacial score (nSPS) is 19.8. The van der Waals surface area contributed by atoms with E-state index in [0.29, 0.717) is 24.0 Å². The Morgan fingerprint density at radius 2 is 2.06 bits per heavy atom. The van der Waals surface area contributed by atoms with Crippen molar-refractivity contribution in [2.75, 3.05) is 6.54 Å². The van der Waals surface area contributed by atoms with Crippen LogP contribution >= 0.6 is 0 Å². The molecular weight excluding hydrogens is 427 g/mol. The Hall–Kier alpha value is -2.37. The molecule has 2 aromatic rings. The van der Waals surface area contributed by atoms with Gasteiger partial charge < -0.3 is 4.42 Å². The minimum absolute atomic E-state index is 0.184. The van der Waals surface area contributed by atoms with Gasteiger partial charge in [0.25, 0.3) is 10.2 Å². The van der Waals surface area contributed by atoms with Gasteiger partial charge in [-0.1, -0.05) is 19.4 Å². The zero-order chi connectivity index (χ0) is 22.9. The first kappa shape index (κ1) is 23.3. The maximum Gasteiger partial charge on any atom is 0.434 e. The molecule has 0 unspecified atom stereocenters. The molecule has 1 aliphatic heterocycles. The number of nitrogens with one attached hydrogen (secondary N) is 2. The SMILES string of the molecule is CC(=O)[C@@H]1CCCCN1S(=O)(=O)N[C@H](c1n[nH]c(=O)o1)[C@H](C)c1c(F)ccc(C)c1C. The highest BCUT2D eigenvalue weighted by atomic mass is 32.2. The van der Waals surface area contributed by atoms with Crippen molar-refractivity contribution in [3.8, 4) is 0 Å². The van der Waals surface area contributed by atoms with E-state index in [4.69, 9.17) is 4.42 Å². The van der Waals surface area contributed by atoms with Crippen molar-refractivity contribution < 1.29 is 22.0 Å². The molecule has 0 radical (unpaired) electrons. The van der Waals surface area contributed by atoms with E-state index in [9.17, 15) is 22.4 Å². The minimum atomic E-state index is -4.18. The summed E-state index contributed by atoms with van der Waals surface area (Å²) in [7, 11) is -4.18. The molecule has 11 heteroatoms. The smallest absolute Gasteiger partial charge is 0.391 e. The van der Waals surface area contributed by atoms with Crippen molar-refractivity contribution in [2.45, 2.75) is 65.0 Å². The predicted octanol–water partition coefficient (Wildman–Crippen LogP) is 2.24. The first-order chi connectivity index (χ1) is 14.5. The lowest BCUT2D eigenvalue weighted by Gasteiger charge is -2.35. The van der Waals surface area contributed by atoms with E-state index in [2.05, 4.69) is 14.9 Å². The molecular formula is C20H27FN4O5S. The van der Waals surface area contributed by atoms with Crippen molar-refractivity contribution >= 4 is 16.0 Å². The molecule has 1 aromatic heterocycles. The second-order valence-corrected chi connectivity index (χ2v) is 9.63. The number of Topliss-reactive ketones (excluding diaryl/α,β-unsaturated/α-hetero) is 1. The van der Waals surface area contributed by atoms with Gasteiger partial charge >= 0.3 is 5.76 Å². The highest BCUT2D eigenvalue weighted by Gasteiger charge is 2.39. The van der Waals surface area contributed by atoms with Crippen LogP contribution in [0, 0.1) is 19.7 Å². The van der Waals surface area contributed by atoms with E-state index in [1.54, 1.807) is 19.9 Å². The number of aromatic nitrogens is 2. The average Bonchev–Trinajstić information content (AvgIpc) is 3.15. The lowest BCUT2D eigenvalue weighted by atomic mass is 9.88. The van der Waals surface area contributed by atoms with E-state index in [1.165, 1.54) is 13.0 Å². The number of carbonyl (C=O) groups is 1. The Bertz CT molecular complexity index is 1130. The summed E-state index contributed by atoms with van der Waals surface area (Å²) >= 11 is 0. The number of nitrogens with zero attached hydrogens (tertiary/aromatic N) is 2. The Kier molecular flexibility index (Phi) is 6.77. The van der Waals surface area contributed by atoms with Crippen LogP contribution in [0.2, 0.25) is 0 Å². The highest BCUT2D eigenvalue weighted by Crippen LogP contribution is 2.35. The number of ketones is 1. The Morgan fingerprint density at radius 3 is 2.68 bits per heavy atom. The second kappa shape index (κ2) is 9.01. The third-order valence-electron chi connectivity index (χ3n) is 5.92. The maximum absolute atomic E-state index is 14.8. The standard InChI is InChI=1S/C20H27FN4O5S/c1-11-8-9-15(21)17(12(11)2)13(3)18(19-22-23-20(27)30-19)24-31(28,29)25-10-6-5-7-16(25)14(4)26/h8-9,13,16,18,24H,5-7,10H2,1-4H3,(H,23,27)/t13-,16+,18+/m1/s1. The molecule has 1 aliphatic rings. The molecule has 0 aliphatic carbocycles. The molecule has 9 nitrogen and oxygen atoms in total. The fourth-order valence-corrected chi connectivity index (χ4v) is 5.82. The summed E-state index contributed by atoms with van der Waals surface area (Å²) in [5.41, 5.74) is 1.79. The zero-order valence-corrected chi connectivity index (χ0v) is 18.8. The van der Waals surface area contributed by atoms with Gasteiger partial charge in [0.2, 0.25) is 5.89 Å². The molecule has 2 N–H and O–H groups in total. The predicted molar refractivity (Wildman–Crippen MR) is 111 cm³/mol. The van der Waals surface area contributed by atoms with E-state index >= 15 is 0 Å². The molecule has 0 saturated carbocycles. The van der Waals surface area contributed by atoms with E-state index in [0.717, 1.165) is 16.3 Å². The molecule has 1 aromatic carbocycles. The van der Waals surface area contributed by atoms with Crippen molar-refractivity contribution in [3.05, 3.63) is 51.1 Å². The molecule has 1 saturated heterocycles. The summed E-state index contributed by atoms with van der Waals surface area (Å²) < 4.78 is 50.0. The molecule has 0 amide bonds. The van der Waals surface area contributed by atoms with Crippen molar-refractivity contribution in [2.24, 2.45) is 0 Å². The van der Waals surface area contributed by atoms with Gasteiger partial charge in [0.1, 0.15) is 17.6 Å². The second-order valence-electron chi connectivity index (χ2n) is 7.98. The molecule has 2 heterocycles. The van der Waals surface area contributed by atoms with Crippen molar-refractivity contribution in [3.63, 3.8) is 0 Å². The summed E-state index contributed by atoms with van der Waals surface area (Å²) in [6.45, 7) is 6.74. The first-order valence-electron chi connectivity index (χ1n) is 10.1. The lowest BCUT2D eigenvalue weighted by molar-refractivity contribution is -0.121. The molecule has 1 fully saturated rings. The maximum atomic E-state index is 14.8. The highest BCUT2D eigenvalue weighted by molar-refractivity contribution is 7.87. The largest absolute Gasteiger partial charge is 0.434 e. The van der Waals surface area contributed by atoms with Crippen LogP contribution < -0.4 is 10.5 Å². The zero-order valence-electron chi connectivity index (χ0n) is 17.9. The van der Waals surface area contributed by atoms with E-state index in [1.807, 2.05) is 6.92 Å². The summed E-state index contributed by atoms with van der Waals surface area (Å²) in [6, 6.07) is 1.01. The number of hydrogen-bond acceptors (Lipinski definition) is 6. The Morgan fingerprint density at radius 1 is 1.35 bits per heavy atom. The van der Waals surface area contributed by atoms with Crippen LogP contribution in [-0.4, -0.2) is 41.3 Å². The van der Waals surface area contributed by atoms with Crippen LogP contribution in [0.3, 0.4) is 0 Å². The quantitative estimate of drug-likeness (QED) is 0.661. The van der Waals surface area contributed by atoms with Crippen LogP contribution in [0.4, 0.5) is 4.39 Å². The topological polar surface area (TPSA) is 125 Å². The number of aromatic amines is 1. The molecule has 3 rings (SSSR count). The number of hydrogen-bond donors (Lipinski definition) is 2. The molecule has 31 heavy (non-hydrogen) atoms. The van der Waals surface area contributed by atoms with Gasteiger partial charge in [-0.2, -0.15) is 17.4 Å². The van der Waals surface area contributed by atoms with Crippen LogP contribution in [0.15, 0.2) is 21.3 Å². The van der Waals surface area contributed by atoms with Crippen LogP contribution in [0.25, 0.3) is 0 Å². The molecule has 0 spiro atoms. The Balaban J connectivity index is 2.04. The summed E-state index contributed by atoms with van der Waals surface area (Å²) in [4.78, 5) is 23.6. The summed E-state index contributed by atoms with van der Waals surface area (Å²) in [5, 5.41) is 5.91. The number of rotatable bonds is 7. The van der Waals surface area contributed by atoms with Gasteiger partial charge in [-0.05, 0) is 56.4 Å². The molecule has 3 atom stereocenters. The van der Waals surface area contributed by atoms with Gasteiger partial charge in [-0.3, -0.25) is 4.79 Å². The number of H-pyrrole nitrogens is 1. The lowest BCUT2D eigenvalue weighted by Crippen LogP contribution is -2.52. The number of halogens is 1. The van der Waals surface area contributed by atoms with E-state index < -0.39 is 39.8 Å². The third-order valence-corrected chi connectivity index (χ3v) is 7.52. The van der Waals surface area contributed by atoms with Crippen LogP contribution in [0.5, 0.6) is 0 Å². The summed E-state index contributed by atoms with van der Waals surface area (Å²) in [6.07, 6.45) is 1.80. The van der Waals surface area contributed by atoms with Gasteiger partial charge in [0, 0.05) is 12.5 Å². The van der Waals surface area contributed by atoms with Gasteiger partial charge in [0.15, 0.2) is 0 Å². The van der Waals surface area contributed by atoms with E-state index in [-0.39, 0.29) is 18.2 Å². The molecule has 0 bridgehead atoms. The van der Waals surface area contributed by atoms with Gasteiger partial charge in [-0.25, -0.2) is 14.3 Å². The van der Waals surface area contributed by atoms with Crippen LogP contribution in [0.1, 0.15) is 67.7 Å². The monoisotopic (exact) mass is 454 g/mol. The number of aryl methyl sites for hydroxylation is 1. The van der Waals surface area contributed by atoms with Crippen LogP contribution in [-0.2, 0) is 15.0 Å². The number of carbonyl (C=O) groups excluding carboxylic acids is 1. The fourth-order valence-electron chi connectivity index (χ4n) is 4.10. The van der Waals surface area contributed by atoms with Gasteiger partial charge in [0.05, 0.1) is 6.04 Å². The molecule has 170 valence electrons. The van der Waals surface area contributed by atoms with Crippen molar-refractivity contribution in [1.29, 1.82) is 0 Å². The minimum Gasteiger partial charge on any atom is -0.391 e. The fraction of sp³-hybridized carbons (Fsp3) is 0.550. The number of benzene rings is 1. The first-order valence-corrected chi connectivity index (χ1v) is 11.6.